The van der Waals surface area contributed by atoms with Crippen LogP contribution in [0.4, 0.5) is 0 Å². The average molecular weight is 215 g/mol. The molecule has 0 unspecified atom stereocenters. The molecule has 0 spiro atoms. The van der Waals surface area contributed by atoms with Gasteiger partial charge in [0.2, 0.25) is 0 Å². The van der Waals surface area contributed by atoms with E-state index >= 15 is 0 Å². The molecule has 1 heteroatoms. The Morgan fingerprint density at radius 1 is 1.19 bits per heavy atom. The summed E-state index contributed by atoms with van der Waals surface area (Å²) in [5.41, 5.74) is 3.82. The Bertz CT molecular complexity index is 360. The molecule has 0 aliphatic heterocycles. The van der Waals surface area contributed by atoms with Crippen molar-refractivity contribution in [2.75, 3.05) is 6.54 Å². The Balaban J connectivity index is 2.95. The van der Waals surface area contributed by atoms with Crippen LogP contribution in [0.2, 0.25) is 0 Å². The lowest BCUT2D eigenvalue weighted by Gasteiger charge is -2.06. The first-order valence-electron chi connectivity index (χ1n) is 6.05. The summed E-state index contributed by atoms with van der Waals surface area (Å²) in [7, 11) is 0. The van der Waals surface area contributed by atoms with Crippen molar-refractivity contribution in [1.82, 2.24) is 0 Å². The Hall–Kier alpha value is -1.37. The van der Waals surface area contributed by atoms with Gasteiger partial charge in [-0.05, 0) is 37.5 Å². The molecule has 0 aliphatic rings. The highest BCUT2D eigenvalue weighted by Crippen LogP contribution is 2.19. The molecule has 0 aromatic heterocycles. The summed E-state index contributed by atoms with van der Waals surface area (Å²) in [5, 5.41) is 0. The molecule has 0 aliphatic carbocycles. The summed E-state index contributed by atoms with van der Waals surface area (Å²) in [6.07, 6.45) is 4.49. The normalized spacial score (nSPS) is 12.9. The molecule has 0 amide bonds. The van der Waals surface area contributed by atoms with E-state index in [1.807, 2.05) is 0 Å². The zero-order valence-corrected chi connectivity index (χ0v) is 10.5. The second kappa shape index (κ2) is 7.00. The Morgan fingerprint density at radius 3 is 2.44 bits per heavy atom. The molecule has 0 saturated heterocycles. The first kappa shape index (κ1) is 12.7. The van der Waals surface area contributed by atoms with Crippen molar-refractivity contribution >= 4 is 11.3 Å². The molecule has 0 bridgehead atoms. The highest BCUT2D eigenvalue weighted by Gasteiger charge is 2.00. The van der Waals surface area contributed by atoms with Gasteiger partial charge >= 0.3 is 0 Å². The van der Waals surface area contributed by atoms with Gasteiger partial charge in [-0.15, -0.1) is 0 Å². The fourth-order valence-electron chi connectivity index (χ4n) is 1.77. The van der Waals surface area contributed by atoms with Gasteiger partial charge in [0.1, 0.15) is 0 Å². The number of aliphatic imine (C=N–C) groups is 1. The van der Waals surface area contributed by atoms with Gasteiger partial charge in [-0.2, -0.15) is 0 Å². The molecule has 16 heavy (non-hydrogen) atoms. The third kappa shape index (κ3) is 4.01. The maximum Gasteiger partial charge on any atom is 0.0364 e. The summed E-state index contributed by atoms with van der Waals surface area (Å²) < 4.78 is 0. The van der Waals surface area contributed by atoms with Crippen LogP contribution >= 0.6 is 0 Å². The van der Waals surface area contributed by atoms with Crippen LogP contribution < -0.4 is 0 Å². The van der Waals surface area contributed by atoms with E-state index in [0.717, 1.165) is 18.7 Å². The predicted molar refractivity (Wildman–Crippen MR) is 73.0 cm³/mol. The lowest BCUT2D eigenvalue weighted by Crippen LogP contribution is -1.91. The number of benzene rings is 1. The van der Waals surface area contributed by atoms with E-state index in [1.54, 1.807) is 0 Å². The molecule has 1 nitrogen and oxygen atoms in total. The van der Waals surface area contributed by atoms with Crippen LogP contribution in [0.1, 0.15) is 39.2 Å². The van der Waals surface area contributed by atoms with Gasteiger partial charge in [-0.25, -0.2) is 0 Å². The van der Waals surface area contributed by atoms with Crippen LogP contribution in [0.25, 0.3) is 5.57 Å². The number of nitrogens with zero attached hydrogens (tertiary/aromatic N) is 1. The number of hydrogen-bond donors (Lipinski definition) is 0. The molecule has 0 saturated carbocycles. The molecule has 1 aromatic rings. The molecule has 1 aromatic carbocycles. The zero-order chi connectivity index (χ0) is 11.8. The largest absolute Gasteiger partial charge is 0.290 e. The Kier molecular flexibility index (Phi) is 5.55. The molecule has 0 N–H and O–H groups in total. The van der Waals surface area contributed by atoms with Crippen molar-refractivity contribution in [3.05, 3.63) is 42.0 Å². The van der Waals surface area contributed by atoms with Crippen molar-refractivity contribution < 1.29 is 0 Å². The average Bonchev–Trinajstić information content (AvgIpc) is 2.30. The van der Waals surface area contributed by atoms with Gasteiger partial charge in [-0.1, -0.05) is 43.7 Å². The van der Waals surface area contributed by atoms with Gasteiger partial charge in [0, 0.05) is 12.3 Å². The molecule has 1 rings (SSSR count). The van der Waals surface area contributed by atoms with E-state index < -0.39 is 0 Å². The maximum absolute atomic E-state index is 4.41. The standard InChI is InChI=1S/C15H21N/c1-4-9-15(12-13(3)16-5-2)14-10-7-6-8-11-14/h6-8,10-12H,4-5,9H2,1-3H3/b15-12-,16-13-. The van der Waals surface area contributed by atoms with E-state index in [1.165, 1.54) is 17.6 Å². The third-order valence-electron chi connectivity index (χ3n) is 2.45. The summed E-state index contributed by atoms with van der Waals surface area (Å²) in [4.78, 5) is 4.41. The van der Waals surface area contributed by atoms with E-state index in [4.69, 9.17) is 0 Å². The summed E-state index contributed by atoms with van der Waals surface area (Å²) in [6, 6.07) is 10.6. The van der Waals surface area contributed by atoms with Gasteiger partial charge in [-0.3, -0.25) is 4.99 Å². The van der Waals surface area contributed by atoms with E-state index in [-0.39, 0.29) is 0 Å². The van der Waals surface area contributed by atoms with E-state index in [2.05, 4.69) is 62.2 Å². The number of allylic oxidation sites excluding steroid dienone is 2. The van der Waals surface area contributed by atoms with E-state index in [0.29, 0.717) is 0 Å². The highest BCUT2D eigenvalue weighted by atomic mass is 14.7. The molecular weight excluding hydrogens is 194 g/mol. The first-order chi connectivity index (χ1) is 7.77. The van der Waals surface area contributed by atoms with Crippen molar-refractivity contribution in [1.29, 1.82) is 0 Å². The monoisotopic (exact) mass is 215 g/mol. The van der Waals surface area contributed by atoms with Gasteiger partial charge in [0.15, 0.2) is 0 Å². The van der Waals surface area contributed by atoms with Crippen LogP contribution in [0, 0.1) is 0 Å². The van der Waals surface area contributed by atoms with Crippen LogP contribution in [-0.4, -0.2) is 12.3 Å². The fourth-order valence-corrected chi connectivity index (χ4v) is 1.77. The van der Waals surface area contributed by atoms with Crippen molar-refractivity contribution in [2.45, 2.75) is 33.6 Å². The lowest BCUT2D eigenvalue weighted by atomic mass is 10.0. The van der Waals surface area contributed by atoms with Gasteiger partial charge in [0.05, 0.1) is 0 Å². The van der Waals surface area contributed by atoms with Crippen molar-refractivity contribution in [2.24, 2.45) is 4.99 Å². The summed E-state index contributed by atoms with van der Waals surface area (Å²) in [5.74, 6) is 0. The minimum atomic E-state index is 0.858. The van der Waals surface area contributed by atoms with Crippen molar-refractivity contribution in [3.63, 3.8) is 0 Å². The van der Waals surface area contributed by atoms with Crippen LogP contribution in [-0.2, 0) is 0 Å². The minimum Gasteiger partial charge on any atom is -0.290 e. The minimum absolute atomic E-state index is 0.858. The topological polar surface area (TPSA) is 12.4 Å². The highest BCUT2D eigenvalue weighted by molar-refractivity contribution is 5.99. The smallest absolute Gasteiger partial charge is 0.0364 e. The molecule has 86 valence electrons. The maximum atomic E-state index is 4.41. The summed E-state index contributed by atoms with van der Waals surface area (Å²) in [6.45, 7) is 7.21. The number of hydrogen-bond acceptors (Lipinski definition) is 1. The predicted octanol–water partition coefficient (Wildman–Crippen LogP) is 4.35. The molecule has 0 fully saturated rings. The zero-order valence-electron chi connectivity index (χ0n) is 10.5. The van der Waals surface area contributed by atoms with Crippen LogP contribution in [0.3, 0.4) is 0 Å². The lowest BCUT2D eigenvalue weighted by molar-refractivity contribution is 0.973. The van der Waals surface area contributed by atoms with Crippen LogP contribution in [0.15, 0.2) is 41.4 Å². The Morgan fingerprint density at radius 2 is 1.88 bits per heavy atom. The summed E-state index contributed by atoms with van der Waals surface area (Å²) >= 11 is 0. The van der Waals surface area contributed by atoms with E-state index in [9.17, 15) is 0 Å². The quantitative estimate of drug-likeness (QED) is 0.647. The van der Waals surface area contributed by atoms with Gasteiger partial charge < -0.3 is 0 Å². The molecule has 0 heterocycles. The molecular formula is C15H21N. The SMILES string of the molecule is CCC/C(=C/C(C)=N\CC)c1ccccc1. The number of rotatable bonds is 5. The Labute approximate surface area is 98.9 Å². The van der Waals surface area contributed by atoms with Crippen molar-refractivity contribution in [3.8, 4) is 0 Å². The van der Waals surface area contributed by atoms with Crippen LogP contribution in [0.5, 0.6) is 0 Å². The fraction of sp³-hybridized carbons (Fsp3) is 0.400. The third-order valence-corrected chi connectivity index (χ3v) is 2.45. The molecule has 0 atom stereocenters. The second-order valence-corrected chi connectivity index (χ2v) is 3.90. The van der Waals surface area contributed by atoms with Gasteiger partial charge in [0.25, 0.3) is 0 Å². The second-order valence-electron chi connectivity index (χ2n) is 3.90. The first-order valence-corrected chi connectivity index (χ1v) is 6.05. The molecule has 0 radical (unpaired) electrons.